The largest absolute Gasteiger partial charge is 0.324 e. The van der Waals surface area contributed by atoms with Crippen molar-refractivity contribution < 1.29 is 14.0 Å². The molecule has 1 N–H and O–H groups in total. The lowest BCUT2D eigenvalue weighted by Crippen LogP contribution is -2.36. The van der Waals surface area contributed by atoms with E-state index in [0.29, 0.717) is 11.7 Å². The fourth-order valence-electron chi connectivity index (χ4n) is 3.27. The van der Waals surface area contributed by atoms with Gasteiger partial charge in [-0.1, -0.05) is 55.9 Å². The van der Waals surface area contributed by atoms with Gasteiger partial charge in [-0.15, -0.1) is 0 Å². The Balaban J connectivity index is 1.82. The molecule has 2 aromatic rings. The number of amides is 2. The van der Waals surface area contributed by atoms with E-state index in [1.165, 1.54) is 23.9 Å². The highest BCUT2D eigenvalue weighted by atomic mass is 32.2. The number of carbonyl (C=O) groups excluding carboxylic acids is 2. The van der Waals surface area contributed by atoms with Crippen molar-refractivity contribution in [2.45, 2.75) is 39.4 Å². The Hall–Kier alpha value is -2.67. The van der Waals surface area contributed by atoms with E-state index in [2.05, 4.69) is 5.32 Å². The van der Waals surface area contributed by atoms with Crippen LogP contribution in [-0.4, -0.2) is 33.7 Å². The number of benzene rings is 2. The van der Waals surface area contributed by atoms with E-state index in [-0.39, 0.29) is 23.9 Å². The lowest BCUT2D eigenvalue weighted by Gasteiger charge is -2.19. The summed E-state index contributed by atoms with van der Waals surface area (Å²) in [5, 5.41) is 2.58. The van der Waals surface area contributed by atoms with Crippen LogP contribution in [0.25, 0.3) is 0 Å². The van der Waals surface area contributed by atoms with Crippen molar-refractivity contribution in [1.82, 2.24) is 4.90 Å². The van der Waals surface area contributed by atoms with E-state index >= 15 is 0 Å². The average Bonchev–Trinajstić information content (AvgIpc) is 2.95. The van der Waals surface area contributed by atoms with E-state index in [4.69, 9.17) is 4.99 Å². The minimum absolute atomic E-state index is 0.0434. The molecule has 0 bridgehead atoms. The fourth-order valence-corrected chi connectivity index (χ4v) is 4.42. The molecule has 158 valence electrons. The van der Waals surface area contributed by atoms with Crippen LogP contribution < -0.4 is 5.32 Å². The van der Waals surface area contributed by atoms with Gasteiger partial charge in [0.25, 0.3) is 0 Å². The summed E-state index contributed by atoms with van der Waals surface area (Å²) in [5.41, 5.74) is 3.01. The van der Waals surface area contributed by atoms with Crippen LogP contribution in [0.5, 0.6) is 0 Å². The summed E-state index contributed by atoms with van der Waals surface area (Å²) < 4.78 is 13.8. The summed E-state index contributed by atoms with van der Waals surface area (Å²) in [6, 6.07) is 11.9. The molecule has 0 spiro atoms. The standard InChI is InChI=1S/C23H26FN3O2S/c1-14(2)13-27-22(29)19(12-20(28)25-18-11-6-5-10-17(18)24)30-23(27)26-21-15(3)8-7-9-16(21)4/h5-11,14,19H,12-13H2,1-4H3,(H,25,28). The average molecular weight is 428 g/mol. The van der Waals surface area contributed by atoms with Crippen molar-refractivity contribution in [1.29, 1.82) is 0 Å². The Bertz CT molecular complexity index is 970. The van der Waals surface area contributed by atoms with Crippen LogP contribution in [0.3, 0.4) is 0 Å². The Morgan fingerprint density at radius 2 is 1.83 bits per heavy atom. The Labute approximate surface area is 180 Å². The number of nitrogens with zero attached hydrogens (tertiary/aromatic N) is 2. The van der Waals surface area contributed by atoms with Crippen molar-refractivity contribution in [3.8, 4) is 0 Å². The van der Waals surface area contributed by atoms with Gasteiger partial charge in [-0.05, 0) is 43.0 Å². The van der Waals surface area contributed by atoms with Crippen molar-refractivity contribution in [3.63, 3.8) is 0 Å². The summed E-state index contributed by atoms with van der Waals surface area (Å²) in [7, 11) is 0. The van der Waals surface area contributed by atoms with Gasteiger partial charge in [-0.25, -0.2) is 9.38 Å². The summed E-state index contributed by atoms with van der Waals surface area (Å²) in [6.45, 7) is 8.57. The number of amidine groups is 1. The summed E-state index contributed by atoms with van der Waals surface area (Å²) in [4.78, 5) is 32.0. The van der Waals surface area contributed by atoms with Gasteiger partial charge in [0, 0.05) is 13.0 Å². The minimum Gasteiger partial charge on any atom is -0.324 e. The predicted molar refractivity (Wildman–Crippen MR) is 121 cm³/mol. The van der Waals surface area contributed by atoms with Crippen LogP contribution >= 0.6 is 11.8 Å². The van der Waals surface area contributed by atoms with E-state index in [1.54, 1.807) is 17.0 Å². The molecule has 3 rings (SSSR count). The van der Waals surface area contributed by atoms with Crippen molar-refractivity contribution in [3.05, 3.63) is 59.4 Å². The van der Waals surface area contributed by atoms with Crippen molar-refractivity contribution >= 4 is 40.1 Å². The lowest BCUT2D eigenvalue weighted by molar-refractivity contribution is -0.128. The molecule has 1 saturated heterocycles. The van der Waals surface area contributed by atoms with Crippen LogP contribution in [0.2, 0.25) is 0 Å². The monoisotopic (exact) mass is 427 g/mol. The molecule has 1 unspecified atom stereocenters. The number of para-hydroxylation sites is 2. The summed E-state index contributed by atoms with van der Waals surface area (Å²) in [6.07, 6.45) is -0.0434. The van der Waals surface area contributed by atoms with E-state index in [9.17, 15) is 14.0 Å². The molecule has 1 atom stereocenters. The number of thioether (sulfide) groups is 1. The molecule has 0 radical (unpaired) electrons. The molecule has 1 aliphatic rings. The van der Waals surface area contributed by atoms with Crippen molar-refractivity contribution in [2.24, 2.45) is 10.9 Å². The van der Waals surface area contributed by atoms with Crippen LogP contribution in [0.1, 0.15) is 31.4 Å². The normalized spacial score (nSPS) is 17.8. The van der Waals surface area contributed by atoms with Crippen LogP contribution in [-0.2, 0) is 9.59 Å². The fraction of sp³-hybridized carbons (Fsp3) is 0.348. The third kappa shape index (κ3) is 5.08. The summed E-state index contributed by atoms with van der Waals surface area (Å²) in [5.74, 6) is -0.787. The molecule has 0 saturated carbocycles. The van der Waals surface area contributed by atoms with Crippen LogP contribution in [0.15, 0.2) is 47.5 Å². The number of rotatable bonds is 6. The molecule has 2 aromatic carbocycles. The Kier molecular flexibility index (Phi) is 6.92. The second-order valence-corrected chi connectivity index (χ2v) is 8.99. The van der Waals surface area contributed by atoms with Gasteiger partial charge in [0.2, 0.25) is 11.8 Å². The zero-order valence-electron chi connectivity index (χ0n) is 17.6. The molecule has 0 aliphatic carbocycles. The van der Waals surface area contributed by atoms with Gasteiger partial charge in [0.15, 0.2) is 5.17 Å². The first-order valence-electron chi connectivity index (χ1n) is 9.93. The quantitative estimate of drug-likeness (QED) is 0.701. The SMILES string of the molecule is Cc1cccc(C)c1N=C1SC(CC(=O)Nc2ccccc2F)C(=O)N1CC(C)C. The highest BCUT2D eigenvalue weighted by molar-refractivity contribution is 8.15. The van der Waals surface area contributed by atoms with Crippen LogP contribution in [0, 0.1) is 25.6 Å². The topological polar surface area (TPSA) is 61.8 Å². The summed E-state index contributed by atoms with van der Waals surface area (Å²) >= 11 is 1.30. The Morgan fingerprint density at radius 3 is 2.47 bits per heavy atom. The highest BCUT2D eigenvalue weighted by Gasteiger charge is 2.39. The van der Waals surface area contributed by atoms with Gasteiger partial charge >= 0.3 is 0 Å². The molecule has 1 aliphatic heterocycles. The molecule has 5 nitrogen and oxygen atoms in total. The van der Waals surface area contributed by atoms with Crippen LogP contribution in [0.4, 0.5) is 15.8 Å². The van der Waals surface area contributed by atoms with Gasteiger partial charge < -0.3 is 5.32 Å². The van der Waals surface area contributed by atoms with E-state index in [0.717, 1.165) is 16.8 Å². The minimum atomic E-state index is -0.585. The van der Waals surface area contributed by atoms with Crippen molar-refractivity contribution in [2.75, 3.05) is 11.9 Å². The molecule has 1 heterocycles. The number of nitrogens with one attached hydrogen (secondary N) is 1. The van der Waals surface area contributed by atoms with Gasteiger partial charge in [-0.3, -0.25) is 14.5 Å². The number of halogens is 1. The molecular weight excluding hydrogens is 401 g/mol. The first kappa shape index (κ1) is 22.0. The van der Waals surface area contributed by atoms with E-state index < -0.39 is 17.0 Å². The van der Waals surface area contributed by atoms with Gasteiger partial charge in [-0.2, -0.15) is 0 Å². The third-order valence-corrected chi connectivity index (χ3v) is 5.91. The van der Waals surface area contributed by atoms with Gasteiger partial charge in [0.05, 0.1) is 11.4 Å². The smallest absolute Gasteiger partial charge is 0.242 e. The maximum atomic E-state index is 13.8. The molecule has 7 heteroatoms. The number of carbonyl (C=O) groups is 2. The number of aliphatic imine (C=N–C) groups is 1. The lowest BCUT2D eigenvalue weighted by atomic mass is 10.1. The number of hydrogen-bond donors (Lipinski definition) is 1. The maximum absolute atomic E-state index is 13.8. The Morgan fingerprint density at radius 1 is 1.17 bits per heavy atom. The zero-order valence-corrected chi connectivity index (χ0v) is 18.4. The number of aryl methyl sites for hydroxylation is 2. The predicted octanol–water partition coefficient (Wildman–Crippen LogP) is 5.06. The maximum Gasteiger partial charge on any atom is 0.242 e. The number of hydrogen-bond acceptors (Lipinski definition) is 4. The highest BCUT2D eigenvalue weighted by Crippen LogP contribution is 2.34. The number of anilines is 1. The molecule has 0 aromatic heterocycles. The molecular formula is C23H26FN3O2S. The molecule has 2 amide bonds. The first-order valence-corrected chi connectivity index (χ1v) is 10.8. The third-order valence-electron chi connectivity index (χ3n) is 4.73. The molecule has 1 fully saturated rings. The zero-order chi connectivity index (χ0) is 21.8. The molecule has 30 heavy (non-hydrogen) atoms. The second-order valence-electron chi connectivity index (χ2n) is 7.82. The second kappa shape index (κ2) is 9.43. The van der Waals surface area contributed by atoms with E-state index in [1.807, 2.05) is 45.9 Å². The van der Waals surface area contributed by atoms with Gasteiger partial charge in [0.1, 0.15) is 11.1 Å². The first-order chi connectivity index (χ1) is 14.3.